The highest BCUT2D eigenvalue weighted by Gasteiger charge is 2.39. The third-order valence-electron chi connectivity index (χ3n) is 8.24. The van der Waals surface area contributed by atoms with Crippen LogP contribution in [0.2, 0.25) is 0 Å². The van der Waals surface area contributed by atoms with E-state index in [0.29, 0.717) is 37.8 Å². The van der Waals surface area contributed by atoms with Gasteiger partial charge in [0, 0.05) is 19.4 Å². The lowest BCUT2D eigenvalue weighted by Gasteiger charge is -2.29. The smallest absolute Gasteiger partial charge is 0.490 e. The van der Waals surface area contributed by atoms with Crippen LogP contribution in [0.5, 0.6) is 5.75 Å². The van der Waals surface area contributed by atoms with Gasteiger partial charge in [-0.15, -0.1) is 0 Å². The number of phenols is 1. The normalized spacial score (nSPS) is 15.3. The van der Waals surface area contributed by atoms with Gasteiger partial charge in [0.1, 0.15) is 29.9 Å². The van der Waals surface area contributed by atoms with Crippen molar-refractivity contribution in [2.45, 2.75) is 75.3 Å². The van der Waals surface area contributed by atoms with E-state index in [9.17, 15) is 47.0 Å². The van der Waals surface area contributed by atoms with Gasteiger partial charge in [-0.3, -0.25) is 28.8 Å². The number of amides is 6. The van der Waals surface area contributed by atoms with Crippen LogP contribution in [-0.2, 0) is 46.4 Å². The molecule has 0 saturated carbocycles. The summed E-state index contributed by atoms with van der Waals surface area (Å²) in [6.07, 6.45) is -2.58. The molecule has 1 fully saturated rings. The molecule has 0 bridgehead atoms. The maximum Gasteiger partial charge on any atom is 0.490 e. The number of likely N-dealkylation sites (tertiary alicyclic amines) is 1. The molecular formula is C35H47F3N8O9. The molecule has 1 saturated heterocycles. The maximum absolute atomic E-state index is 13.6. The lowest BCUT2D eigenvalue weighted by atomic mass is 10.0. The monoisotopic (exact) mass is 780 g/mol. The van der Waals surface area contributed by atoms with Crippen molar-refractivity contribution in [1.82, 2.24) is 26.2 Å². The molecule has 302 valence electrons. The van der Waals surface area contributed by atoms with Crippen LogP contribution in [0.25, 0.3) is 0 Å². The van der Waals surface area contributed by atoms with Gasteiger partial charge in [-0.05, 0) is 61.9 Å². The highest BCUT2D eigenvalue weighted by Crippen LogP contribution is 2.20. The Hall–Kier alpha value is -5.76. The number of carboxylic acids is 1. The van der Waals surface area contributed by atoms with Crippen LogP contribution in [0.3, 0.4) is 0 Å². The van der Waals surface area contributed by atoms with Crippen molar-refractivity contribution in [3.8, 4) is 5.75 Å². The van der Waals surface area contributed by atoms with Gasteiger partial charge in [0.2, 0.25) is 35.4 Å². The van der Waals surface area contributed by atoms with Crippen LogP contribution in [0.4, 0.5) is 13.2 Å². The van der Waals surface area contributed by atoms with Gasteiger partial charge >= 0.3 is 12.1 Å². The number of carbonyl (C=O) groups excluding carboxylic acids is 6. The Labute approximate surface area is 314 Å². The number of benzene rings is 2. The van der Waals surface area contributed by atoms with Crippen molar-refractivity contribution < 1.29 is 56.9 Å². The van der Waals surface area contributed by atoms with Gasteiger partial charge in [0.05, 0.1) is 13.1 Å². The van der Waals surface area contributed by atoms with Gasteiger partial charge in [0.25, 0.3) is 0 Å². The van der Waals surface area contributed by atoms with Gasteiger partial charge < -0.3 is 53.6 Å². The van der Waals surface area contributed by atoms with E-state index < -0.39 is 78.3 Å². The third-order valence-corrected chi connectivity index (χ3v) is 8.24. The second kappa shape index (κ2) is 22.5. The van der Waals surface area contributed by atoms with Crippen LogP contribution in [0.15, 0.2) is 54.6 Å². The first kappa shape index (κ1) is 45.4. The summed E-state index contributed by atoms with van der Waals surface area (Å²) in [7, 11) is 0. The summed E-state index contributed by atoms with van der Waals surface area (Å²) in [6.45, 7) is -0.151. The minimum atomic E-state index is -5.08. The van der Waals surface area contributed by atoms with Crippen molar-refractivity contribution in [1.29, 1.82) is 0 Å². The molecule has 1 aliphatic heterocycles. The molecular weight excluding hydrogens is 733 g/mol. The minimum Gasteiger partial charge on any atom is -0.508 e. The Kier molecular flexibility index (Phi) is 18.5. The maximum atomic E-state index is 13.6. The zero-order valence-corrected chi connectivity index (χ0v) is 29.8. The number of hydrogen-bond acceptors (Lipinski definition) is 10. The number of aromatic hydroxyl groups is 1. The summed E-state index contributed by atoms with van der Waals surface area (Å²) in [5.41, 5.74) is 18.1. The molecule has 0 spiro atoms. The van der Waals surface area contributed by atoms with E-state index in [1.54, 1.807) is 36.4 Å². The average molecular weight is 781 g/mol. The van der Waals surface area contributed by atoms with Crippen LogP contribution >= 0.6 is 0 Å². The molecule has 17 nitrogen and oxygen atoms in total. The van der Waals surface area contributed by atoms with E-state index in [2.05, 4.69) is 21.3 Å². The molecule has 6 amide bonds. The van der Waals surface area contributed by atoms with Crippen molar-refractivity contribution in [3.63, 3.8) is 0 Å². The Morgan fingerprint density at radius 3 is 1.96 bits per heavy atom. The molecule has 4 atom stereocenters. The number of nitrogens with zero attached hydrogens (tertiary/aromatic N) is 1. The largest absolute Gasteiger partial charge is 0.508 e. The molecule has 55 heavy (non-hydrogen) atoms. The van der Waals surface area contributed by atoms with Crippen LogP contribution in [0.1, 0.15) is 43.2 Å². The molecule has 0 radical (unpaired) electrons. The number of rotatable bonds is 18. The molecule has 3 rings (SSSR count). The van der Waals surface area contributed by atoms with Crippen molar-refractivity contribution in [2.75, 3.05) is 26.2 Å². The number of primary amides is 1. The Bertz CT molecular complexity index is 1610. The SMILES string of the molecule is NCCCC[C@H](NC(=O)CNC(=O)[C@@H]1CCCN1C(=O)[C@H](Cc1ccc(O)cc1)NC(=O)CN)C(=O)N[C@@H](Cc1ccccc1)C(N)=O.O=C(O)C(F)(F)F. The molecule has 20 heteroatoms. The highest BCUT2D eigenvalue weighted by molar-refractivity contribution is 5.95. The summed E-state index contributed by atoms with van der Waals surface area (Å²) in [5.74, 6) is -6.27. The Balaban J connectivity index is 0.00000136. The minimum absolute atomic E-state index is 0.0494. The molecule has 0 aromatic heterocycles. The number of nitrogens with one attached hydrogen (secondary N) is 4. The lowest BCUT2D eigenvalue weighted by Crippen LogP contribution is -2.56. The zero-order valence-electron chi connectivity index (χ0n) is 29.8. The fraction of sp³-hybridized carbons (Fsp3) is 0.457. The number of halogens is 3. The number of alkyl halides is 3. The number of aliphatic carboxylic acids is 1. The number of carboxylic acid groups (broad SMARTS) is 1. The van der Waals surface area contributed by atoms with E-state index >= 15 is 0 Å². The average Bonchev–Trinajstić information content (AvgIpc) is 3.64. The second-order valence-corrected chi connectivity index (χ2v) is 12.5. The Morgan fingerprint density at radius 1 is 0.818 bits per heavy atom. The van der Waals surface area contributed by atoms with Crippen LogP contribution < -0.4 is 38.5 Å². The topological polar surface area (TPSA) is 289 Å². The molecule has 0 unspecified atom stereocenters. The van der Waals surface area contributed by atoms with Crippen molar-refractivity contribution in [2.24, 2.45) is 17.2 Å². The quantitative estimate of drug-likeness (QED) is 0.0823. The molecule has 12 N–H and O–H groups in total. The van der Waals surface area contributed by atoms with E-state index in [-0.39, 0.29) is 38.1 Å². The first-order valence-corrected chi connectivity index (χ1v) is 17.2. The number of carbonyl (C=O) groups is 7. The van der Waals surface area contributed by atoms with E-state index in [1.165, 1.54) is 17.0 Å². The lowest BCUT2D eigenvalue weighted by molar-refractivity contribution is -0.192. The number of hydrogen-bond donors (Lipinski definition) is 9. The standard InChI is InChI=1S/C33H46N8O7.C2HF3O2/c34-15-5-4-9-24(31(46)40-25(30(36)45)17-21-7-2-1-3-8-21)38-29(44)20-37-32(47)27-10-6-16-41(27)33(48)26(39-28(43)19-35)18-22-11-13-23(42)14-12-22;3-2(4,5)1(6)7/h1-3,7-8,11-14,24-27,42H,4-6,9-10,15-20,34-35H2,(H2,36,45)(H,37,47)(H,38,44)(H,39,43)(H,40,46);(H,6,7)/t24-,25-,26-,27-;/m0./s1. The van der Waals surface area contributed by atoms with Gasteiger partial charge in [-0.2, -0.15) is 13.2 Å². The molecule has 1 aliphatic rings. The van der Waals surface area contributed by atoms with E-state index in [4.69, 9.17) is 27.1 Å². The fourth-order valence-corrected chi connectivity index (χ4v) is 5.46. The van der Waals surface area contributed by atoms with Crippen LogP contribution in [0, 0.1) is 0 Å². The summed E-state index contributed by atoms with van der Waals surface area (Å²) >= 11 is 0. The molecule has 1 heterocycles. The summed E-state index contributed by atoms with van der Waals surface area (Å²) in [4.78, 5) is 87.5. The number of unbranched alkanes of at least 4 members (excludes halogenated alkanes) is 1. The highest BCUT2D eigenvalue weighted by atomic mass is 19.4. The number of phenolic OH excluding ortho intramolecular Hbond substituents is 1. The first-order valence-electron chi connectivity index (χ1n) is 17.2. The van der Waals surface area contributed by atoms with E-state index in [1.807, 2.05) is 6.07 Å². The predicted octanol–water partition coefficient (Wildman–Crippen LogP) is -1.05. The molecule has 2 aromatic carbocycles. The fourth-order valence-electron chi connectivity index (χ4n) is 5.46. The van der Waals surface area contributed by atoms with Gasteiger partial charge in [-0.1, -0.05) is 42.5 Å². The second-order valence-electron chi connectivity index (χ2n) is 12.5. The van der Waals surface area contributed by atoms with Gasteiger partial charge in [-0.25, -0.2) is 4.79 Å². The van der Waals surface area contributed by atoms with Crippen molar-refractivity contribution >= 4 is 41.4 Å². The molecule has 2 aromatic rings. The zero-order chi connectivity index (χ0) is 41.1. The van der Waals surface area contributed by atoms with Crippen LogP contribution in [-0.4, -0.2) is 113 Å². The first-order chi connectivity index (χ1) is 26.0. The summed E-state index contributed by atoms with van der Waals surface area (Å²) < 4.78 is 31.7. The molecule has 0 aliphatic carbocycles. The predicted molar refractivity (Wildman–Crippen MR) is 190 cm³/mol. The Morgan fingerprint density at radius 2 is 1.40 bits per heavy atom. The summed E-state index contributed by atoms with van der Waals surface area (Å²) in [5, 5.41) is 27.1. The van der Waals surface area contributed by atoms with Crippen molar-refractivity contribution in [3.05, 3.63) is 65.7 Å². The van der Waals surface area contributed by atoms with Gasteiger partial charge in [0.15, 0.2) is 0 Å². The number of nitrogens with two attached hydrogens (primary N) is 3. The van der Waals surface area contributed by atoms with E-state index in [0.717, 1.165) is 5.56 Å². The third kappa shape index (κ3) is 16.0. The summed E-state index contributed by atoms with van der Waals surface area (Å²) in [6, 6.07) is 11.3.